The molecule has 3 rings (SSSR count). The largest absolute Gasteiger partial charge is 0.312 e. The van der Waals surface area contributed by atoms with Crippen molar-refractivity contribution in [2.45, 2.75) is 44.6 Å². The number of rotatable bonds is 8. The maximum absolute atomic E-state index is 6.24. The quantitative estimate of drug-likeness (QED) is 0.447. The van der Waals surface area contributed by atoms with Gasteiger partial charge in [-0.15, -0.1) is 0 Å². The Hall–Kier alpha value is -0.480. The Morgan fingerprint density at radius 3 is 1.97 bits per heavy atom. The van der Waals surface area contributed by atoms with E-state index in [2.05, 4.69) is 16.3 Å². The number of nitrogens with zero attached hydrogens (tertiary/aromatic N) is 1. The first-order valence-electron chi connectivity index (χ1n) is 10.3. The van der Waals surface area contributed by atoms with Gasteiger partial charge < -0.3 is 10.2 Å². The van der Waals surface area contributed by atoms with Gasteiger partial charge in [0.05, 0.1) is 20.1 Å². The monoisotopic (exact) mass is 472 g/mol. The van der Waals surface area contributed by atoms with Gasteiger partial charge in [0, 0.05) is 12.6 Å². The summed E-state index contributed by atoms with van der Waals surface area (Å²) in [5, 5.41) is 6.19. The van der Waals surface area contributed by atoms with Crippen LogP contribution < -0.4 is 5.32 Å². The summed E-state index contributed by atoms with van der Waals surface area (Å²) in [4.78, 5) is 2.60. The van der Waals surface area contributed by atoms with E-state index in [1.807, 2.05) is 30.3 Å². The fourth-order valence-electron chi connectivity index (χ4n) is 3.90. The van der Waals surface area contributed by atoms with Crippen LogP contribution in [0.5, 0.6) is 0 Å². The van der Waals surface area contributed by atoms with Gasteiger partial charge in [-0.05, 0) is 80.7 Å². The second-order valence-corrected chi connectivity index (χ2v) is 9.45. The van der Waals surface area contributed by atoms with Crippen molar-refractivity contribution >= 4 is 46.4 Å². The van der Waals surface area contributed by atoms with E-state index >= 15 is 0 Å². The topological polar surface area (TPSA) is 15.3 Å². The molecule has 1 saturated heterocycles. The van der Waals surface area contributed by atoms with Gasteiger partial charge >= 0.3 is 0 Å². The molecule has 2 nitrogen and oxygen atoms in total. The fraction of sp³-hybridized carbons (Fsp3) is 0.478. The van der Waals surface area contributed by atoms with Crippen molar-refractivity contribution in [3.05, 3.63) is 67.6 Å². The molecule has 6 heteroatoms. The summed E-state index contributed by atoms with van der Waals surface area (Å²) in [6.07, 6.45) is 7.12. The highest BCUT2D eigenvalue weighted by Gasteiger charge is 2.17. The molecule has 0 spiro atoms. The van der Waals surface area contributed by atoms with E-state index in [1.54, 1.807) is 0 Å². The third-order valence-electron chi connectivity index (χ3n) is 5.47. The highest BCUT2D eigenvalue weighted by atomic mass is 35.5. The van der Waals surface area contributed by atoms with Crippen LogP contribution in [-0.2, 0) is 12.8 Å². The van der Waals surface area contributed by atoms with E-state index in [9.17, 15) is 0 Å². The van der Waals surface area contributed by atoms with Crippen molar-refractivity contribution in [2.75, 3.05) is 26.2 Å². The lowest BCUT2D eigenvalue weighted by molar-refractivity contribution is 0.249. The summed E-state index contributed by atoms with van der Waals surface area (Å²) in [6, 6.07) is 12.2. The summed E-state index contributed by atoms with van der Waals surface area (Å²) < 4.78 is 0. The van der Waals surface area contributed by atoms with Crippen molar-refractivity contribution in [3.63, 3.8) is 0 Å². The number of hydrogen-bond donors (Lipinski definition) is 1. The van der Waals surface area contributed by atoms with Gasteiger partial charge in [0.25, 0.3) is 0 Å². The highest BCUT2D eigenvalue weighted by Crippen LogP contribution is 2.24. The first-order valence-corrected chi connectivity index (χ1v) is 11.9. The van der Waals surface area contributed by atoms with E-state index in [-0.39, 0.29) is 0 Å². The third-order valence-corrected chi connectivity index (χ3v) is 6.95. The maximum Gasteiger partial charge on any atom is 0.0595 e. The predicted octanol–water partition coefficient (Wildman–Crippen LogP) is 6.92. The van der Waals surface area contributed by atoms with Gasteiger partial charge in [-0.25, -0.2) is 0 Å². The Morgan fingerprint density at radius 2 is 1.34 bits per heavy atom. The lowest BCUT2D eigenvalue weighted by Gasteiger charge is -2.27. The summed E-state index contributed by atoms with van der Waals surface area (Å²) in [6.45, 7) is 4.30. The molecule has 0 amide bonds. The van der Waals surface area contributed by atoms with Crippen LogP contribution in [0.25, 0.3) is 0 Å². The van der Waals surface area contributed by atoms with E-state index < -0.39 is 0 Å². The van der Waals surface area contributed by atoms with Crippen LogP contribution in [0.15, 0.2) is 36.4 Å². The Morgan fingerprint density at radius 1 is 0.759 bits per heavy atom. The van der Waals surface area contributed by atoms with Gasteiger partial charge in [-0.3, -0.25) is 0 Å². The van der Waals surface area contributed by atoms with Crippen LogP contribution in [0.1, 0.15) is 36.8 Å². The van der Waals surface area contributed by atoms with Gasteiger partial charge in [0.2, 0.25) is 0 Å². The Labute approximate surface area is 194 Å². The van der Waals surface area contributed by atoms with Gasteiger partial charge in [-0.2, -0.15) is 0 Å². The van der Waals surface area contributed by atoms with Crippen molar-refractivity contribution in [2.24, 2.45) is 0 Å². The minimum Gasteiger partial charge on any atom is -0.312 e. The molecule has 29 heavy (non-hydrogen) atoms. The SMILES string of the molecule is Clc1ccc(CCNC(Cc2ccc(Cl)c(Cl)c2)CN2CCCCCC2)cc1Cl. The zero-order valence-electron chi connectivity index (χ0n) is 16.6. The summed E-state index contributed by atoms with van der Waals surface area (Å²) in [7, 11) is 0. The van der Waals surface area contributed by atoms with Gasteiger partial charge in [0.15, 0.2) is 0 Å². The molecule has 1 N–H and O–H groups in total. The number of halogens is 4. The second-order valence-electron chi connectivity index (χ2n) is 7.82. The van der Waals surface area contributed by atoms with Crippen molar-refractivity contribution < 1.29 is 0 Å². The van der Waals surface area contributed by atoms with Crippen LogP contribution in [0.3, 0.4) is 0 Å². The molecular weight excluding hydrogens is 446 g/mol. The molecule has 1 fully saturated rings. The lowest BCUT2D eigenvalue weighted by Crippen LogP contribution is -2.43. The van der Waals surface area contributed by atoms with Crippen LogP contribution >= 0.6 is 46.4 Å². The number of benzene rings is 2. The van der Waals surface area contributed by atoms with E-state index in [4.69, 9.17) is 46.4 Å². The normalized spacial score (nSPS) is 16.6. The Bertz CT molecular complexity index is 788. The lowest BCUT2D eigenvalue weighted by atomic mass is 10.0. The number of likely N-dealkylation sites (tertiary alicyclic amines) is 1. The molecule has 0 radical (unpaired) electrons. The molecule has 1 aliphatic rings. The van der Waals surface area contributed by atoms with E-state index in [1.165, 1.54) is 49.9 Å². The molecule has 1 aliphatic heterocycles. The summed E-state index contributed by atoms with van der Waals surface area (Å²) in [5.41, 5.74) is 2.40. The standard InChI is InChI=1S/C23H28Cl4N2/c24-20-7-5-17(14-22(20)26)9-10-28-19(16-29-11-3-1-2-4-12-29)13-18-6-8-21(25)23(27)15-18/h5-8,14-15,19,28H,1-4,9-13,16H2. The molecule has 0 aliphatic carbocycles. The minimum atomic E-state index is 0.355. The van der Waals surface area contributed by atoms with Crippen LogP contribution in [-0.4, -0.2) is 37.1 Å². The van der Waals surface area contributed by atoms with Crippen molar-refractivity contribution in [1.29, 1.82) is 0 Å². The molecule has 1 unspecified atom stereocenters. The summed E-state index contributed by atoms with van der Waals surface area (Å²) in [5.74, 6) is 0. The van der Waals surface area contributed by atoms with Gasteiger partial charge in [-0.1, -0.05) is 71.4 Å². The first kappa shape index (κ1) is 23.2. The van der Waals surface area contributed by atoms with E-state index in [0.717, 1.165) is 25.9 Å². The fourth-order valence-corrected chi connectivity index (χ4v) is 4.54. The molecule has 0 aromatic heterocycles. The van der Waals surface area contributed by atoms with Crippen LogP contribution in [0.2, 0.25) is 20.1 Å². The average molecular weight is 474 g/mol. The minimum absolute atomic E-state index is 0.355. The first-order chi connectivity index (χ1) is 14.0. The average Bonchev–Trinajstić information content (AvgIpc) is 2.96. The zero-order valence-corrected chi connectivity index (χ0v) is 19.6. The molecule has 2 aromatic carbocycles. The molecule has 1 heterocycles. The highest BCUT2D eigenvalue weighted by molar-refractivity contribution is 6.42. The molecule has 0 bridgehead atoms. The molecule has 2 aromatic rings. The van der Waals surface area contributed by atoms with Crippen molar-refractivity contribution in [1.82, 2.24) is 10.2 Å². The second kappa shape index (κ2) is 11.8. The smallest absolute Gasteiger partial charge is 0.0595 e. The van der Waals surface area contributed by atoms with Crippen LogP contribution in [0.4, 0.5) is 0 Å². The Kier molecular flexibility index (Phi) is 9.43. The molecule has 0 saturated carbocycles. The van der Waals surface area contributed by atoms with E-state index in [0.29, 0.717) is 26.1 Å². The maximum atomic E-state index is 6.24. The number of nitrogens with one attached hydrogen (secondary N) is 1. The predicted molar refractivity (Wildman–Crippen MR) is 127 cm³/mol. The molecular formula is C23H28Cl4N2. The summed E-state index contributed by atoms with van der Waals surface area (Å²) >= 11 is 24.5. The molecule has 1 atom stereocenters. The van der Waals surface area contributed by atoms with Gasteiger partial charge in [0.1, 0.15) is 0 Å². The third kappa shape index (κ3) is 7.61. The van der Waals surface area contributed by atoms with Crippen molar-refractivity contribution in [3.8, 4) is 0 Å². The molecule has 158 valence electrons. The zero-order chi connectivity index (χ0) is 20.6. The Balaban J connectivity index is 1.62. The number of hydrogen-bond acceptors (Lipinski definition) is 2. The van der Waals surface area contributed by atoms with Crippen LogP contribution in [0, 0.1) is 0 Å².